The Morgan fingerprint density at radius 3 is 2.36 bits per heavy atom. The van der Waals surface area contributed by atoms with E-state index in [2.05, 4.69) is 19.2 Å². The second-order valence-corrected chi connectivity index (χ2v) is 3.37. The van der Waals surface area contributed by atoms with E-state index < -0.39 is 0 Å². The number of aliphatic hydroxyl groups excluding tert-OH is 1. The summed E-state index contributed by atoms with van der Waals surface area (Å²) >= 11 is 0. The maximum absolute atomic E-state index is 9.33. The Bertz CT molecular complexity index is 126. The lowest BCUT2D eigenvalue weighted by Crippen LogP contribution is -2.30. The summed E-state index contributed by atoms with van der Waals surface area (Å²) in [6, 6.07) is 0.440. The van der Waals surface area contributed by atoms with E-state index in [-0.39, 0.29) is 6.10 Å². The lowest BCUT2D eigenvalue weighted by Gasteiger charge is -2.10. The minimum absolute atomic E-state index is 0.345. The monoisotopic (exact) mass is 157 g/mol. The zero-order valence-electron chi connectivity index (χ0n) is 7.89. The average molecular weight is 157 g/mol. The molecule has 2 N–H and O–H groups in total. The lowest BCUT2D eigenvalue weighted by molar-refractivity contribution is 0.214. The van der Waals surface area contributed by atoms with Gasteiger partial charge in [0.05, 0.1) is 6.10 Å². The zero-order valence-corrected chi connectivity index (χ0v) is 7.89. The van der Waals surface area contributed by atoms with Gasteiger partial charge in [0.25, 0.3) is 0 Å². The molecular formula is C9H19NO. The Labute approximate surface area is 69.3 Å². The van der Waals surface area contributed by atoms with Gasteiger partial charge in [0.2, 0.25) is 0 Å². The predicted molar refractivity (Wildman–Crippen MR) is 48.6 cm³/mol. The summed E-state index contributed by atoms with van der Waals surface area (Å²) in [5.74, 6) is 0. The SMILES string of the molecule is CC(C)=CC(O)CNC(C)C. The summed E-state index contributed by atoms with van der Waals surface area (Å²) in [6.45, 7) is 8.74. The summed E-state index contributed by atoms with van der Waals surface area (Å²) in [5.41, 5.74) is 1.16. The third-order valence-corrected chi connectivity index (χ3v) is 1.26. The van der Waals surface area contributed by atoms with E-state index in [1.165, 1.54) is 0 Å². The van der Waals surface area contributed by atoms with Crippen LogP contribution in [0, 0.1) is 0 Å². The maximum atomic E-state index is 9.33. The van der Waals surface area contributed by atoms with E-state index in [0.29, 0.717) is 12.6 Å². The summed E-state index contributed by atoms with van der Waals surface area (Å²) in [6.07, 6.45) is 1.51. The summed E-state index contributed by atoms with van der Waals surface area (Å²) in [5, 5.41) is 12.5. The molecule has 0 spiro atoms. The second-order valence-electron chi connectivity index (χ2n) is 3.37. The van der Waals surface area contributed by atoms with Crippen molar-refractivity contribution in [2.45, 2.75) is 39.8 Å². The topological polar surface area (TPSA) is 32.3 Å². The summed E-state index contributed by atoms with van der Waals surface area (Å²) in [7, 11) is 0. The quantitative estimate of drug-likeness (QED) is 0.603. The van der Waals surface area contributed by atoms with E-state index in [4.69, 9.17) is 0 Å². The molecule has 0 aromatic carbocycles. The van der Waals surface area contributed by atoms with Crippen LogP contribution < -0.4 is 5.32 Å². The van der Waals surface area contributed by atoms with Crippen LogP contribution in [0.15, 0.2) is 11.6 Å². The molecule has 0 aliphatic heterocycles. The molecule has 0 aromatic heterocycles. The Balaban J connectivity index is 3.53. The van der Waals surface area contributed by atoms with E-state index in [1.54, 1.807) is 0 Å². The van der Waals surface area contributed by atoms with Crippen molar-refractivity contribution >= 4 is 0 Å². The molecule has 1 unspecified atom stereocenters. The van der Waals surface area contributed by atoms with Gasteiger partial charge in [0, 0.05) is 12.6 Å². The Kier molecular flexibility index (Phi) is 5.16. The van der Waals surface area contributed by atoms with Gasteiger partial charge in [0.15, 0.2) is 0 Å². The maximum Gasteiger partial charge on any atom is 0.0847 e. The number of rotatable bonds is 4. The highest BCUT2D eigenvalue weighted by molar-refractivity contribution is 4.98. The zero-order chi connectivity index (χ0) is 8.85. The van der Waals surface area contributed by atoms with Gasteiger partial charge < -0.3 is 10.4 Å². The second kappa shape index (κ2) is 5.33. The Morgan fingerprint density at radius 1 is 1.45 bits per heavy atom. The number of hydrogen-bond acceptors (Lipinski definition) is 2. The Morgan fingerprint density at radius 2 is 2.00 bits per heavy atom. The standard InChI is InChI=1S/C9H19NO/c1-7(2)5-9(11)6-10-8(3)4/h5,8-11H,6H2,1-4H3. The van der Waals surface area contributed by atoms with Crippen molar-refractivity contribution in [3.05, 3.63) is 11.6 Å². The van der Waals surface area contributed by atoms with Crippen molar-refractivity contribution in [2.24, 2.45) is 0 Å². The molecule has 0 aromatic rings. The van der Waals surface area contributed by atoms with E-state index >= 15 is 0 Å². The third-order valence-electron chi connectivity index (χ3n) is 1.26. The van der Waals surface area contributed by atoms with Gasteiger partial charge in [-0.2, -0.15) is 0 Å². The highest BCUT2D eigenvalue weighted by Crippen LogP contribution is 1.93. The van der Waals surface area contributed by atoms with E-state index in [0.717, 1.165) is 5.57 Å². The van der Waals surface area contributed by atoms with Crippen LogP contribution in [0.3, 0.4) is 0 Å². The van der Waals surface area contributed by atoms with Gasteiger partial charge in [-0.25, -0.2) is 0 Å². The molecule has 2 heteroatoms. The molecule has 0 radical (unpaired) electrons. The number of allylic oxidation sites excluding steroid dienone is 1. The van der Waals surface area contributed by atoms with Crippen molar-refractivity contribution < 1.29 is 5.11 Å². The number of aliphatic hydroxyl groups is 1. The van der Waals surface area contributed by atoms with Crippen molar-refractivity contribution in [1.82, 2.24) is 5.32 Å². The largest absolute Gasteiger partial charge is 0.388 e. The van der Waals surface area contributed by atoms with Crippen LogP contribution in [-0.2, 0) is 0 Å². The fraction of sp³-hybridized carbons (Fsp3) is 0.778. The van der Waals surface area contributed by atoms with Gasteiger partial charge in [-0.15, -0.1) is 0 Å². The fourth-order valence-electron chi connectivity index (χ4n) is 0.800. The van der Waals surface area contributed by atoms with Crippen molar-refractivity contribution in [2.75, 3.05) is 6.54 Å². The molecule has 66 valence electrons. The molecule has 11 heavy (non-hydrogen) atoms. The van der Waals surface area contributed by atoms with Gasteiger partial charge in [0.1, 0.15) is 0 Å². The third kappa shape index (κ3) is 7.56. The molecular weight excluding hydrogens is 138 g/mol. The average Bonchev–Trinajstić information content (AvgIpc) is 1.82. The normalized spacial score (nSPS) is 13.3. The van der Waals surface area contributed by atoms with Crippen LogP contribution in [0.5, 0.6) is 0 Å². The molecule has 0 fully saturated rings. The van der Waals surface area contributed by atoms with Crippen LogP contribution in [0.1, 0.15) is 27.7 Å². The first-order valence-corrected chi connectivity index (χ1v) is 4.09. The molecule has 0 bridgehead atoms. The first-order chi connectivity index (χ1) is 5.02. The molecule has 0 saturated carbocycles. The number of nitrogens with one attached hydrogen (secondary N) is 1. The van der Waals surface area contributed by atoms with Crippen LogP contribution in [0.25, 0.3) is 0 Å². The summed E-state index contributed by atoms with van der Waals surface area (Å²) < 4.78 is 0. The summed E-state index contributed by atoms with van der Waals surface area (Å²) in [4.78, 5) is 0. The molecule has 0 saturated heterocycles. The number of hydrogen-bond donors (Lipinski definition) is 2. The van der Waals surface area contributed by atoms with E-state index in [1.807, 2.05) is 19.9 Å². The predicted octanol–water partition coefficient (Wildman–Crippen LogP) is 1.31. The van der Waals surface area contributed by atoms with Gasteiger partial charge in [-0.1, -0.05) is 25.5 Å². The smallest absolute Gasteiger partial charge is 0.0847 e. The van der Waals surface area contributed by atoms with Crippen molar-refractivity contribution in [3.8, 4) is 0 Å². The highest BCUT2D eigenvalue weighted by Gasteiger charge is 1.99. The minimum Gasteiger partial charge on any atom is -0.388 e. The highest BCUT2D eigenvalue weighted by atomic mass is 16.3. The molecule has 1 atom stereocenters. The Hall–Kier alpha value is -0.340. The molecule has 0 amide bonds. The molecule has 0 rings (SSSR count). The van der Waals surface area contributed by atoms with Crippen LogP contribution in [0.2, 0.25) is 0 Å². The van der Waals surface area contributed by atoms with E-state index in [9.17, 15) is 5.11 Å². The van der Waals surface area contributed by atoms with Crippen LogP contribution >= 0.6 is 0 Å². The van der Waals surface area contributed by atoms with Crippen molar-refractivity contribution in [3.63, 3.8) is 0 Å². The lowest BCUT2D eigenvalue weighted by atomic mass is 10.2. The fourth-order valence-corrected chi connectivity index (χ4v) is 0.800. The first kappa shape index (κ1) is 10.7. The van der Waals surface area contributed by atoms with Gasteiger partial charge in [-0.3, -0.25) is 0 Å². The van der Waals surface area contributed by atoms with Crippen LogP contribution in [-0.4, -0.2) is 23.8 Å². The molecule has 0 heterocycles. The molecule has 0 aliphatic carbocycles. The molecule has 0 aliphatic rings. The van der Waals surface area contributed by atoms with Crippen LogP contribution in [0.4, 0.5) is 0 Å². The van der Waals surface area contributed by atoms with Crippen molar-refractivity contribution in [1.29, 1.82) is 0 Å². The first-order valence-electron chi connectivity index (χ1n) is 4.09. The van der Waals surface area contributed by atoms with Gasteiger partial charge >= 0.3 is 0 Å². The minimum atomic E-state index is -0.345. The van der Waals surface area contributed by atoms with Gasteiger partial charge in [-0.05, 0) is 13.8 Å². The molecule has 2 nitrogen and oxygen atoms in total.